The van der Waals surface area contributed by atoms with Crippen molar-refractivity contribution in [2.24, 2.45) is 17.1 Å². The Bertz CT molecular complexity index is 713. The third-order valence-electron chi connectivity index (χ3n) is 6.46. The summed E-state index contributed by atoms with van der Waals surface area (Å²) in [5, 5.41) is 10.1. The van der Waals surface area contributed by atoms with Crippen LogP contribution in [0.15, 0.2) is 35.5 Å². The highest BCUT2D eigenvalue weighted by Crippen LogP contribution is 2.55. The molecule has 3 N–H and O–H groups in total. The number of carbonyl (C=O) groups is 1. The van der Waals surface area contributed by atoms with E-state index in [1.54, 1.807) is 0 Å². The number of nitrogens with zero attached hydrogens (tertiary/aromatic N) is 1. The quantitative estimate of drug-likeness (QED) is 0.570. The average Bonchev–Trinajstić information content (AvgIpc) is 2.88. The standard InChI is InChI=1S/C21H30N2O4/c1-12(2)18(22)20(25)26-15-5-4-13-11-23(3)9-8-21-7-6-14(24)10-16(21)27-19(15)17(13)21/h4-7,12,14-16,18-19,24H,8-11,22H2,1-3H3/t14-,15?,16-,18-,19?,21-/m0/s1. The summed E-state index contributed by atoms with van der Waals surface area (Å²) in [4.78, 5) is 14.8. The number of esters is 1. The van der Waals surface area contributed by atoms with Gasteiger partial charge in [-0.3, -0.25) is 4.79 Å². The second kappa shape index (κ2) is 6.85. The van der Waals surface area contributed by atoms with E-state index in [0.29, 0.717) is 6.42 Å². The van der Waals surface area contributed by atoms with Crippen LogP contribution in [0.4, 0.5) is 0 Å². The number of carbonyl (C=O) groups excluding carboxylic acids is 1. The Morgan fingerprint density at radius 1 is 1.44 bits per heavy atom. The molecule has 6 heteroatoms. The van der Waals surface area contributed by atoms with Crippen LogP contribution in [0.5, 0.6) is 0 Å². The van der Waals surface area contributed by atoms with E-state index in [0.717, 1.165) is 19.5 Å². The molecular weight excluding hydrogens is 344 g/mol. The minimum atomic E-state index is -0.645. The summed E-state index contributed by atoms with van der Waals surface area (Å²) < 4.78 is 12.2. The molecule has 148 valence electrons. The Hall–Kier alpha value is -1.47. The molecule has 2 aliphatic carbocycles. The van der Waals surface area contributed by atoms with Crippen molar-refractivity contribution in [3.63, 3.8) is 0 Å². The van der Waals surface area contributed by atoms with E-state index in [2.05, 4.69) is 24.1 Å². The summed E-state index contributed by atoms with van der Waals surface area (Å²) >= 11 is 0. The highest BCUT2D eigenvalue weighted by molar-refractivity contribution is 5.76. The molecule has 0 saturated carbocycles. The Morgan fingerprint density at radius 2 is 2.22 bits per heavy atom. The predicted molar refractivity (Wildman–Crippen MR) is 102 cm³/mol. The molecule has 1 spiro atoms. The van der Waals surface area contributed by atoms with Gasteiger partial charge >= 0.3 is 5.97 Å². The van der Waals surface area contributed by atoms with E-state index < -0.39 is 24.2 Å². The number of likely N-dealkylation sites (N-methyl/N-ethyl adjacent to an activating group) is 1. The molecule has 4 rings (SSSR count). The van der Waals surface area contributed by atoms with Crippen LogP contribution in [0.2, 0.25) is 0 Å². The molecule has 2 heterocycles. The lowest BCUT2D eigenvalue weighted by Gasteiger charge is -2.37. The van der Waals surface area contributed by atoms with E-state index >= 15 is 0 Å². The van der Waals surface area contributed by atoms with Crippen molar-refractivity contribution >= 4 is 5.97 Å². The zero-order valence-electron chi connectivity index (χ0n) is 16.3. The maximum absolute atomic E-state index is 12.5. The first-order chi connectivity index (χ1) is 12.8. The Balaban J connectivity index is 1.68. The number of rotatable bonds is 3. The van der Waals surface area contributed by atoms with Crippen LogP contribution >= 0.6 is 0 Å². The number of hydrogen-bond donors (Lipinski definition) is 2. The Labute approximate surface area is 160 Å². The Kier molecular flexibility index (Phi) is 4.79. The van der Waals surface area contributed by atoms with Crippen molar-refractivity contribution in [2.45, 2.75) is 57.1 Å². The van der Waals surface area contributed by atoms with Gasteiger partial charge in [0.15, 0.2) is 6.10 Å². The molecule has 2 unspecified atom stereocenters. The summed E-state index contributed by atoms with van der Waals surface area (Å²) in [6.45, 7) is 5.62. The number of hydrogen-bond acceptors (Lipinski definition) is 6. The lowest BCUT2D eigenvalue weighted by molar-refractivity contribution is -0.155. The molecule has 1 saturated heterocycles. The van der Waals surface area contributed by atoms with Gasteiger partial charge in [-0.25, -0.2) is 0 Å². The molecular formula is C21H30N2O4. The van der Waals surface area contributed by atoms with E-state index in [4.69, 9.17) is 15.2 Å². The van der Waals surface area contributed by atoms with Gasteiger partial charge in [0.2, 0.25) is 0 Å². The molecule has 6 atom stereocenters. The van der Waals surface area contributed by atoms with Crippen LogP contribution in [0.3, 0.4) is 0 Å². The van der Waals surface area contributed by atoms with Crippen molar-refractivity contribution in [1.82, 2.24) is 4.90 Å². The van der Waals surface area contributed by atoms with Gasteiger partial charge in [-0.1, -0.05) is 32.1 Å². The summed E-state index contributed by atoms with van der Waals surface area (Å²) in [6, 6.07) is -0.645. The van der Waals surface area contributed by atoms with Gasteiger partial charge in [0.1, 0.15) is 12.1 Å². The lowest BCUT2D eigenvalue weighted by Crippen LogP contribution is -2.42. The van der Waals surface area contributed by atoms with Gasteiger partial charge in [-0.05, 0) is 43.2 Å². The van der Waals surface area contributed by atoms with E-state index in [-0.39, 0.29) is 23.5 Å². The highest BCUT2D eigenvalue weighted by Gasteiger charge is 2.57. The maximum atomic E-state index is 12.5. The van der Waals surface area contributed by atoms with E-state index in [1.165, 1.54) is 11.1 Å². The van der Waals surface area contributed by atoms with Crippen molar-refractivity contribution in [1.29, 1.82) is 0 Å². The second-order valence-corrected chi connectivity index (χ2v) is 8.70. The molecule has 1 fully saturated rings. The van der Waals surface area contributed by atoms with Crippen LogP contribution in [0, 0.1) is 11.3 Å². The molecule has 27 heavy (non-hydrogen) atoms. The molecule has 0 aromatic rings. The van der Waals surface area contributed by atoms with E-state index in [1.807, 2.05) is 26.0 Å². The number of aliphatic hydroxyl groups is 1. The molecule has 6 nitrogen and oxygen atoms in total. The molecule has 0 aromatic carbocycles. The summed E-state index contributed by atoms with van der Waals surface area (Å²) in [5.41, 5.74) is 8.22. The molecule has 2 aliphatic heterocycles. The zero-order chi connectivity index (χ0) is 19.3. The lowest BCUT2D eigenvalue weighted by atomic mass is 9.66. The number of nitrogens with two attached hydrogens (primary N) is 1. The first-order valence-corrected chi connectivity index (χ1v) is 9.91. The topological polar surface area (TPSA) is 85.0 Å². The second-order valence-electron chi connectivity index (χ2n) is 8.70. The van der Waals surface area contributed by atoms with Crippen LogP contribution in [-0.2, 0) is 14.3 Å². The van der Waals surface area contributed by atoms with Crippen molar-refractivity contribution in [2.75, 3.05) is 20.1 Å². The summed E-state index contributed by atoms with van der Waals surface area (Å²) in [7, 11) is 2.12. The smallest absolute Gasteiger partial charge is 0.323 e. The van der Waals surface area contributed by atoms with Crippen LogP contribution in [0.25, 0.3) is 0 Å². The van der Waals surface area contributed by atoms with Crippen molar-refractivity contribution in [3.05, 3.63) is 35.5 Å². The SMILES string of the molecule is CC(C)[C@H](N)C(=O)OC1C=CC2=C3C1O[C@H]1C[C@@H](O)C=C[C@@]31CCN(C)C2. The minimum Gasteiger partial charge on any atom is -0.454 e. The first-order valence-electron chi connectivity index (χ1n) is 9.91. The minimum absolute atomic E-state index is 0.0166. The average molecular weight is 374 g/mol. The predicted octanol–water partition coefficient (Wildman–Crippen LogP) is 1.16. The fourth-order valence-electron chi connectivity index (χ4n) is 4.82. The van der Waals surface area contributed by atoms with Gasteiger partial charge in [-0.15, -0.1) is 0 Å². The fraction of sp³-hybridized carbons (Fsp3) is 0.667. The van der Waals surface area contributed by atoms with Gasteiger partial charge in [0, 0.05) is 18.4 Å². The van der Waals surface area contributed by atoms with E-state index in [9.17, 15) is 9.90 Å². The third-order valence-corrected chi connectivity index (χ3v) is 6.46. The van der Waals surface area contributed by atoms with Crippen molar-refractivity contribution in [3.8, 4) is 0 Å². The molecule has 0 aromatic heterocycles. The molecule has 0 radical (unpaired) electrons. The van der Waals surface area contributed by atoms with Crippen LogP contribution in [0.1, 0.15) is 26.7 Å². The Morgan fingerprint density at radius 3 is 2.96 bits per heavy atom. The maximum Gasteiger partial charge on any atom is 0.323 e. The summed E-state index contributed by atoms with van der Waals surface area (Å²) in [5.74, 6) is -0.375. The van der Waals surface area contributed by atoms with Gasteiger partial charge in [0.05, 0.1) is 12.2 Å². The third kappa shape index (κ3) is 3.09. The van der Waals surface area contributed by atoms with Crippen molar-refractivity contribution < 1.29 is 19.4 Å². The van der Waals surface area contributed by atoms with Gasteiger partial charge in [0.25, 0.3) is 0 Å². The van der Waals surface area contributed by atoms with Crippen LogP contribution < -0.4 is 5.73 Å². The normalized spacial score (nSPS) is 39.2. The summed E-state index contributed by atoms with van der Waals surface area (Å²) in [6.07, 6.45) is 8.18. The molecule has 0 amide bonds. The molecule has 4 aliphatic rings. The van der Waals surface area contributed by atoms with Crippen LogP contribution in [-0.4, -0.2) is 66.6 Å². The monoisotopic (exact) mass is 374 g/mol. The van der Waals surface area contributed by atoms with Gasteiger partial charge < -0.3 is 25.2 Å². The fourth-order valence-corrected chi connectivity index (χ4v) is 4.82. The largest absolute Gasteiger partial charge is 0.454 e. The highest BCUT2D eigenvalue weighted by atomic mass is 16.6. The zero-order valence-corrected chi connectivity index (χ0v) is 16.3. The first kappa shape index (κ1) is 18.9. The van der Waals surface area contributed by atoms with Gasteiger partial charge in [-0.2, -0.15) is 0 Å². The number of ether oxygens (including phenoxy) is 2. The number of aliphatic hydroxyl groups excluding tert-OH is 1. The molecule has 0 bridgehead atoms.